The summed E-state index contributed by atoms with van der Waals surface area (Å²) in [6, 6.07) is 0. The minimum absolute atomic E-state index is 0.753. The third-order valence-corrected chi connectivity index (χ3v) is 3.56. The van der Waals surface area contributed by atoms with Crippen LogP contribution in [0, 0.1) is 12.8 Å². The molecule has 108 valence electrons. The van der Waals surface area contributed by atoms with E-state index in [0.29, 0.717) is 0 Å². The molecule has 1 aromatic heterocycles. The van der Waals surface area contributed by atoms with Crippen LogP contribution in [0.25, 0.3) is 0 Å². The van der Waals surface area contributed by atoms with Gasteiger partial charge in [0, 0.05) is 26.7 Å². The summed E-state index contributed by atoms with van der Waals surface area (Å²) in [5, 5.41) is 4.50. The Balaban J connectivity index is 1.90. The Morgan fingerprint density at radius 1 is 1.47 bits per heavy atom. The maximum Gasteiger partial charge on any atom is 0.150 e. The van der Waals surface area contributed by atoms with Crippen molar-refractivity contribution in [1.82, 2.24) is 9.78 Å². The van der Waals surface area contributed by atoms with E-state index in [2.05, 4.69) is 24.0 Å². The second-order valence-electron chi connectivity index (χ2n) is 5.49. The van der Waals surface area contributed by atoms with Crippen LogP contribution in [0.5, 0.6) is 0 Å². The third-order valence-electron chi connectivity index (χ3n) is 3.56. The number of hydrogen-bond acceptors (Lipinski definition) is 4. The van der Waals surface area contributed by atoms with E-state index in [-0.39, 0.29) is 0 Å². The van der Waals surface area contributed by atoms with Crippen molar-refractivity contribution in [2.45, 2.75) is 39.7 Å². The zero-order valence-electron chi connectivity index (χ0n) is 12.4. The summed E-state index contributed by atoms with van der Waals surface area (Å²) in [6.07, 6.45) is 3.73. The van der Waals surface area contributed by atoms with E-state index >= 15 is 0 Å². The Bertz CT molecular complexity index is 412. The van der Waals surface area contributed by atoms with Crippen molar-refractivity contribution in [3.05, 3.63) is 5.69 Å². The van der Waals surface area contributed by atoms with Crippen LogP contribution in [0.4, 0.5) is 11.5 Å². The maximum absolute atomic E-state index is 6.13. The molecule has 1 aliphatic rings. The lowest BCUT2D eigenvalue weighted by Crippen LogP contribution is -2.26. The van der Waals surface area contributed by atoms with Gasteiger partial charge in [-0.1, -0.05) is 6.92 Å². The van der Waals surface area contributed by atoms with E-state index in [1.54, 1.807) is 0 Å². The summed E-state index contributed by atoms with van der Waals surface area (Å²) in [5.41, 5.74) is 7.83. The van der Waals surface area contributed by atoms with Crippen LogP contribution in [0.15, 0.2) is 0 Å². The zero-order valence-corrected chi connectivity index (χ0v) is 12.4. The third kappa shape index (κ3) is 3.62. The van der Waals surface area contributed by atoms with Gasteiger partial charge in [-0.05, 0) is 32.1 Å². The van der Waals surface area contributed by atoms with Gasteiger partial charge >= 0.3 is 0 Å². The number of aromatic nitrogens is 2. The molecule has 0 saturated heterocycles. The standard InChI is InChI=1S/C14H26N4O/c1-4-7-18-14(13(15)11(2)16-18)17(3)8-9-19-10-12-5-6-12/h12H,4-10,15H2,1-3H3. The van der Waals surface area contributed by atoms with Crippen molar-refractivity contribution in [3.8, 4) is 0 Å². The molecule has 0 atom stereocenters. The van der Waals surface area contributed by atoms with Gasteiger partial charge in [-0.25, -0.2) is 4.68 Å². The molecule has 5 heteroatoms. The molecule has 1 saturated carbocycles. The van der Waals surface area contributed by atoms with E-state index in [4.69, 9.17) is 10.5 Å². The Kier molecular flexibility index (Phi) is 4.69. The Morgan fingerprint density at radius 2 is 2.21 bits per heavy atom. The lowest BCUT2D eigenvalue weighted by Gasteiger charge is -2.21. The van der Waals surface area contributed by atoms with Crippen LogP contribution < -0.4 is 10.6 Å². The van der Waals surface area contributed by atoms with Gasteiger partial charge < -0.3 is 15.4 Å². The van der Waals surface area contributed by atoms with Crippen molar-refractivity contribution in [2.24, 2.45) is 5.92 Å². The number of anilines is 2. The molecule has 0 unspecified atom stereocenters. The first-order valence-electron chi connectivity index (χ1n) is 7.25. The molecule has 0 radical (unpaired) electrons. The topological polar surface area (TPSA) is 56.3 Å². The fraction of sp³-hybridized carbons (Fsp3) is 0.786. The van der Waals surface area contributed by atoms with E-state index in [1.807, 2.05) is 11.6 Å². The highest BCUT2D eigenvalue weighted by Gasteiger charge is 2.21. The molecule has 0 amide bonds. The minimum atomic E-state index is 0.753. The van der Waals surface area contributed by atoms with E-state index < -0.39 is 0 Å². The average molecular weight is 266 g/mol. The van der Waals surface area contributed by atoms with Gasteiger partial charge in [0.25, 0.3) is 0 Å². The molecule has 19 heavy (non-hydrogen) atoms. The maximum atomic E-state index is 6.13. The fourth-order valence-corrected chi connectivity index (χ4v) is 2.20. The summed E-state index contributed by atoms with van der Waals surface area (Å²) >= 11 is 0. The number of hydrogen-bond donors (Lipinski definition) is 1. The van der Waals surface area contributed by atoms with Crippen LogP contribution >= 0.6 is 0 Å². The Hall–Kier alpha value is -1.23. The van der Waals surface area contributed by atoms with Gasteiger partial charge in [0.1, 0.15) is 5.82 Å². The number of nitrogens with zero attached hydrogens (tertiary/aromatic N) is 3. The lowest BCUT2D eigenvalue weighted by molar-refractivity contribution is 0.130. The zero-order chi connectivity index (χ0) is 13.8. The van der Waals surface area contributed by atoms with E-state index in [0.717, 1.165) is 55.8 Å². The van der Waals surface area contributed by atoms with Crippen LogP contribution in [-0.2, 0) is 11.3 Å². The summed E-state index contributed by atoms with van der Waals surface area (Å²) < 4.78 is 7.69. The van der Waals surface area contributed by atoms with Crippen LogP contribution in [0.2, 0.25) is 0 Å². The first-order chi connectivity index (χ1) is 9.13. The van der Waals surface area contributed by atoms with Gasteiger partial charge in [0.2, 0.25) is 0 Å². The second-order valence-corrected chi connectivity index (χ2v) is 5.49. The number of aryl methyl sites for hydroxylation is 2. The highest BCUT2D eigenvalue weighted by atomic mass is 16.5. The molecular formula is C14H26N4O. The van der Waals surface area contributed by atoms with Crippen molar-refractivity contribution >= 4 is 11.5 Å². The summed E-state index contributed by atoms with van der Waals surface area (Å²) in [5.74, 6) is 1.85. The monoisotopic (exact) mass is 266 g/mol. The molecule has 1 fully saturated rings. The molecule has 0 bridgehead atoms. The molecule has 0 spiro atoms. The first-order valence-corrected chi connectivity index (χ1v) is 7.25. The molecule has 0 aliphatic heterocycles. The summed E-state index contributed by atoms with van der Waals surface area (Å²) in [7, 11) is 2.06. The normalized spacial score (nSPS) is 14.9. The van der Waals surface area contributed by atoms with Crippen molar-refractivity contribution in [1.29, 1.82) is 0 Å². The molecule has 2 rings (SSSR count). The quantitative estimate of drug-likeness (QED) is 0.732. The van der Waals surface area contributed by atoms with Crippen LogP contribution in [0.1, 0.15) is 31.9 Å². The molecule has 2 N–H and O–H groups in total. The van der Waals surface area contributed by atoms with Crippen molar-refractivity contribution in [2.75, 3.05) is 37.4 Å². The average Bonchev–Trinajstić information content (AvgIpc) is 3.14. The molecule has 5 nitrogen and oxygen atoms in total. The number of ether oxygens (including phenoxy) is 1. The predicted molar refractivity (Wildman–Crippen MR) is 78.5 cm³/mol. The van der Waals surface area contributed by atoms with E-state index in [1.165, 1.54) is 12.8 Å². The first kappa shape index (κ1) is 14.2. The highest BCUT2D eigenvalue weighted by Crippen LogP contribution is 2.29. The lowest BCUT2D eigenvalue weighted by atomic mass is 10.3. The molecular weight excluding hydrogens is 240 g/mol. The largest absolute Gasteiger partial charge is 0.394 e. The van der Waals surface area contributed by atoms with Gasteiger partial charge in [-0.2, -0.15) is 5.10 Å². The van der Waals surface area contributed by atoms with Gasteiger partial charge in [-0.3, -0.25) is 0 Å². The van der Waals surface area contributed by atoms with E-state index in [9.17, 15) is 0 Å². The fourth-order valence-electron chi connectivity index (χ4n) is 2.20. The van der Waals surface area contributed by atoms with Gasteiger partial charge in [0.05, 0.1) is 18.0 Å². The number of rotatable bonds is 8. The SMILES string of the molecule is CCCn1nc(C)c(N)c1N(C)CCOCC1CC1. The number of likely N-dealkylation sites (N-methyl/N-ethyl adjacent to an activating group) is 1. The summed E-state index contributed by atoms with van der Waals surface area (Å²) in [4.78, 5) is 2.15. The molecule has 1 aromatic rings. The Labute approximate surface area is 115 Å². The molecule has 1 aliphatic carbocycles. The number of nitrogen functional groups attached to an aromatic ring is 1. The molecule has 1 heterocycles. The van der Waals surface area contributed by atoms with Crippen LogP contribution in [-0.4, -0.2) is 36.6 Å². The van der Waals surface area contributed by atoms with Gasteiger partial charge in [-0.15, -0.1) is 0 Å². The van der Waals surface area contributed by atoms with Crippen LogP contribution in [0.3, 0.4) is 0 Å². The second kappa shape index (κ2) is 6.28. The highest BCUT2D eigenvalue weighted by molar-refractivity contribution is 5.65. The van der Waals surface area contributed by atoms with Crippen molar-refractivity contribution < 1.29 is 4.74 Å². The predicted octanol–water partition coefficient (Wildman–Crippen LogP) is 2.05. The minimum Gasteiger partial charge on any atom is -0.394 e. The number of nitrogens with two attached hydrogens (primary N) is 1. The smallest absolute Gasteiger partial charge is 0.150 e. The van der Waals surface area contributed by atoms with Gasteiger partial charge in [0.15, 0.2) is 0 Å². The van der Waals surface area contributed by atoms with Crippen molar-refractivity contribution in [3.63, 3.8) is 0 Å². The Morgan fingerprint density at radius 3 is 2.84 bits per heavy atom. The summed E-state index contributed by atoms with van der Waals surface area (Å²) in [6.45, 7) is 7.53. The molecule has 0 aromatic carbocycles.